The molecule has 2 rings (SSSR count). The second-order valence-corrected chi connectivity index (χ2v) is 8.72. The number of nitrogens with zero attached hydrogens (tertiary/aromatic N) is 1. The molecule has 2 aromatic rings. The minimum Gasteiger partial charge on any atom is -0.326 e. The van der Waals surface area contributed by atoms with Crippen LogP contribution in [-0.2, 0) is 14.8 Å². The van der Waals surface area contributed by atoms with Crippen molar-refractivity contribution in [2.75, 3.05) is 16.2 Å². The third-order valence-corrected chi connectivity index (χ3v) is 6.77. The zero-order valence-corrected chi connectivity index (χ0v) is 15.3. The van der Waals surface area contributed by atoms with Crippen LogP contribution >= 0.6 is 22.9 Å². The van der Waals surface area contributed by atoms with E-state index in [1.807, 2.05) is 6.92 Å². The molecule has 0 atom stereocenters. The van der Waals surface area contributed by atoms with E-state index in [0.717, 1.165) is 16.9 Å². The van der Waals surface area contributed by atoms with Gasteiger partial charge in [0.15, 0.2) is 0 Å². The lowest BCUT2D eigenvalue weighted by Crippen LogP contribution is -2.31. The van der Waals surface area contributed by atoms with E-state index < -0.39 is 10.0 Å². The normalized spacial score (nSPS) is 11.3. The highest BCUT2D eigenvalue weighted by molar-refractivity contribution is 7.94. The van der Waals surface area contributed by atoms with Crippen LogP contribution in [0.1, 0.15) is 19.4 Å². The molecule has 8 heteroatoms. The van der Waals surface area contributed by atoms with Gasteiger partial charge in [-0.1, -0.05) is 17.7 Å². The first-order chi connectivity index (χ1) is 10.8. The predicted molar refractivity (Wildman–Crippen MR) is 95.0 cm³/mol. The fourth-order valence-electron chi connectivity index (χ4n) is 2.17. The molecule has 1 aromatic carbocycles. The average molecular weight is 373 g/mol. The number of rotatable bonds is 5. The molecule has 0 aliphatic rings. The van der Waals surface area contributed by atoms with E-state index in [9.17, 15) is 13.2 Å². The highest BCUT2D eigenvalue weighted by Gasteiger charge is 2.26. The van der Waals surface area contributed by atoms with Gasteiger partial charge in [-0.05, 0) is 43.7 Å². The number of nitrogens with one attached hydrogen (secondary N) is 1. The summed E-state index contributed by atoms with van der Waals surface area (Å²) in [6, 6.07) is 8.24. The zero-order chi connectivity index (χ0) is 17.2. The number of sulfonamides is 1. The smallest absolute Gasteiger partial charge is 0.273 e. The number of hydrogen-bond acceptors (Lipinski definition) is 4. The van der Waals surface area contributed by atoms with Gasteiger partial charge >= 0.3 is 0 Å². The van der Waals surface area contributed by atoms with Gasteiger partial charge in [-0.25, -0.2) is 8.42 Å². The Morgan fingerprint density at radius 3 is 2.52 bits per heavy atom. The topological polar surface area (TPSA) is 66.5 Å². The lowest BCUT2D eigenvalue weighted by Gasteiger charge is -2.24. The molecule has 0 radical (unpaired) electrons. The van der Waals surface area contributed by atoms with Gasteiger partial charge in [0.1, 0.15) is 4.21 Å². The second kappa shape index (κ2) is 6.90. The Hall–Kier alpha value is -1.57. The molecule has 0 spiro atoms. The number of anilines is 2. The number of benzene rings is 1. The van der Waals surface area contributed by atoms with E-state index in [0.29, 0.717) is 15.7 Å². The number of amides is 1. The quantitative estimate of drug-likeness (QED) is 0.865. The highest BCUT2D eigenvalue weighted by atomic mass is 35.5. The SMILES string of the molecule is CCN(c1cc(NC(C)=O)ccc1C)S(=O)(=O)c1ccc(Cl)s1. The van der Waals surface area contributed by atoms with Crippen LogP contribution in [0.2, 0.25) is 4.34 Å². The van der Waals surface area contributed by atoms with E-state index >= 15 is 0 Å². The minimum absolute atomic E-state index is 0.189. The number of carbonyl (C=O) groups excluding carboxylic acids is 1. The van der Waals surface area contributed by atoms with Gasteiger partial charge in [-0.15, -0.1) is 11.3 Å². The molecule has 0 bridgehead atoms. The number of aryl methyl sites for hydroxylation is 1. The van der Waals surface area contributed by atoms with Crippen LogP contribution in [0.15, 0.2) is 34.5 Å². The van der Waals surface area contributed by atoms with E-state index in [4.69, 9.17) is 11.6 Å². The molecule has 0 fully saturated rings. The fraction of sp³-hybridized carbons (Fsp3) is 0.267. The van der Waals surface area contributed by atoms with Crippen LogP contribution in [0, 0.1) is 6.92 Å². The van der Waals surface area contributed by atoms with Gasteiger partial charge in [0.25, 0.3) is 10.0 Å². The maximum atomic E-state index is 12.9. The van der Waals surface area contributed by atoms with E-state index in [1.54, 1.807) is 31.2 Å². The average Bonchev–Trinajstić information content (AvgIpc) is 2.89. The van der Waals surface area contributed by atoms with Crippen LogP contribution in [0.5, 0.6) is 0 Å². The Labute approximate surface area is 144 Å². The zero-order valence-electron chi connectivity index (χ0n) is 13.0. The van der Waals surface area contributed by atoms with Crippen molar-refractivity contribution in [3.63, 3.8) is 0 Å². The van der Waals surface area contributed by atoms with Crippen molar-refractivity contribution in [3.8, 4) is 0 Å². The Morgan fingerprint density at radius 1 is 1.30 bits per heavy atom. The number of hydrogen-bond donors (Lipinski definition) is 1. The van der Waals surface area contributed by atoms with Crippen molar-refractivity contribution in [2.45, 2.75) is 25.0 Å². The molecule has 0 saturated heterocycles. The molecule has 0 unspecified atom stereocenters. The van der Waals surface area contributed by atoms with Crippen molar-refractivity contribution in [3.05, 3.63) is 40.2 Å². The molecule has 0 aliphatic heterocycles. The third-order valence-electron chi connectivity index (χ3n) is 3.18. The first-order valence-corrected chi connectivity index (χ1v) is 9.55. The minimum atomic E-state index is -3.70. The van der Waals surface area contributed by atoms with Gasteiger partial charge in [-0.2, -0.15) is 0 Å². The predicted octanol–water partition coefficient (Wildman–Crippen LogP) is 3.88. The van der Waals surface area contributed by atoms with Crippen LogP contribution in [0.4, 0.5) is 11.4 Å². The lowest BCUT2D eigenvalue weighted by molar-refractivity contribution is -0.114. The highest BCUT2D eigenvalue weighted by Crippen LogP contribution is 2.33. The molecule has 1 N–H and O–H groups in total. The van der Waals surface area contributed by atoms with Crippen LogP contribution in [0.25, 0.3) is 0 Å². The summed E-state index contributed by atoms with van der Waals surface area (Å²) in [4.78, 5) is 11.2. The van der Waals surface area contributed by atoms with Gasteiger partial charge in [0, 0.05) is 19.2 Å². The molecular formula is C15H17ClN2O3S2. The van der Waals surface area contributed by atoms with E-state index in [-0.39, 0.29) is 16.7 Å². The Balaban J connectivity index is 2.50. The Morgan fingerprint density at radius 2 is 2.00 bits per heavy atom. The van der Waals surface area contributed by atoms with E-state index in [1.165, 1.54) is 17.3 Å². The van der Waals surface area contributed by atoms with Gasteiger partial charge in [0.2, 0.25) is 5.91 Å². The number of thiophene rings is 1. The molecule has 1 amide bonds. The molecule has 0 saturated carbocycles. The van der Waals surface area contributed by atoms with Gasteiger partial charge < -0.3 is 5.32 Å². The van der Waals surface area contributed by atoms with Crippen molar-refractivity contribution in [2.24, 2.45) is 0 Å². The van der Waals surface area contributed by atoms with Crippen molar-refractivity contribution in [1.82, 2.24) is 0 Å². The van der Waals surface area contributed by atoms with Crippen molar-refractivity contribution >= 4 is 50.2 Å². The molecule has 1 aromatic heterocycles. The number of halogens is 1. The third kappa shape index (κ3) is 3.85. The first-order valence-electron chi connectivity index (χ1n) is 6.92. The molecule has 0 aliphatic carbocycles. The molecule has 23 heavy (non-hydrogen) atoms. The van der Waals surface area contributed by atoms with Gasteiger partial charge in [-0.3, -0.25) is 9.10 Å². The summed E-state index contributed by atoms with van der Waals surface area (Å²) in [6.45, 7) is 5.26. The summed E-state index contributed by atoms with van der Waals surface area (Å²) in [6.07, 6.45) is 0. The Kier molecular flexibility index (Phi) is 5.33. The van der Waals surface area contributed by atoms with Crippen molar-refractivity contribution in [1.29, 1.82) is 0 Å². The lowest BCUT2D eigenvalue weighted by atomic mass is 10.2. The summed E-state index contributed by atoms with van der Waals surface area (Å²) in [5, 5.41) is 2.67. The van der Waals surface area contributed by atoms with Crippen molar-refractivity contribution < 1.29 is 13.2 Å². The largest absolute Gasteiger partial charge is 0.326 e. The molecular weight excluding hydrogens is 356 g/mol. The Bertz CT molecular complexity index is 831. The van der Waals surface area contributed by atoms with Crippen LogP contribution in [0.3, 0.4) is 0 Å². The summed E-state index contributed by atoms with van der Waals surface area (Å²) in [5.41, 5.74) is 1.88. The first kappa shape index (κ1) is 17.8. The maximum Gasteiger partial charge on any atom is 0.273 e. The fourth-order valence-corrected chi connectivity index (χ4v) is 5.30. The summed E-state index contributed by atoms with van der Waals surface area (Å²) in [5.74, 6) is -0.212. The summed E-state index contributed by atoms with van der Waals surface area (Å²) >= 11 is 6.88. The second-order valence-electron chi connectivity index (χ2n) is 4.91. The summed E-state index contributed by atoms with van der Waals surface area (Å²) < 4.78 is 27.6. The monoisotopic (exact) mass is 372 g/mol. The van der Waals surface area contributed by atoms with E-state index in [2.05, 4.69) is 5.32 Å². The molecule has 5 nitrogen and oxygen atoms in total. The maximum absolute atomic E-state index is 12.9. The van der Waals surface area contributed by atoms with Gasteiger partial charge in [0.05, 0.1) is 10.0 Å². The van der Waals surface area contributed by atoms with Crippen LogP contribution in [-0.4, -0.2) is 20.9 Å². The molecule has 1 heterocycles. The number of carbonyl (C=O) groups is 1. The molecule has 124 valence electrons. The van der Waals surface area contributed by atoms with Crippen LogP contribution < -0.4 is 9.62 Å². The standard InChI is InChI=1S/C15H17ClN2O3S2/c1-4-18(23(20,21)15-8-7-14(16)22-15)13-9-12(17-11(3)19)6-5-10(13)2/h5-9H,4H2,1-3H3,(H,17,19). The summed E-state index contributed by atoms with van der Waals surface area (Å²) in [7, 11) is -3.70.